The highest BCUT2D eigenvalue weighted by Gasteiger charge is 2.51. The van der Waals surface area contributed by atoms with Crippen molar-refractivity contribution >= 4 is 39.9 Å². The van der Waals surface area contributed by atoms with Crippen LogP contribution in [0.4, 0.5) is 5.82 Å². The quantitative estimate of drug-likeness (QED) is 0.191. The van der Waals surface area contributed by atoms with Crippen LogP contribution < -0.4 is 11.4 Å². The number of nitrogens with zero attached hydrogens (tertiary/aromatic N) is 2. The topological polar surface area (TPSA) is 192 Å². The molecule has 1 saturated heterocycles. The molecule has 0 aliphatic carbocycles. The molecule has 0 saturated carbocycles. The van der Waals surface area contributed by atoms with Crippen LogP contribution in [0, 0.1) is 6.92 Å². The molecule has 1 aromatic carbocycles. The van der Waals surface area contributed by atoms with Crippen LogP contribution in [0.1, 0.15) is 31.2 Å². The van der Waals surface area contributed by atoms with E-state index in [4.69, 9.17) is 24.1 Å². The fourth-order valence-electron chi connectivity index (χ4n) is 3.64. The van der Waals surface area contributed by atoms with E-state index in [1.807, 2.05) is 0 Å². The number of carbonyl (C=O) groups is 3. The lowest BCUT2D eigenvalue weighted by atomic mass is 10.1. The van der Waals surface area contributed by atoms with Crippen LogP contribution in [0.15, 0.2) is 46.2 Å². The minimum atomic E-state index is -4.45. The molecule has 0 radical (unpaired) electrons. The largest absolute Gasteiger partial charge is 0.466 e. The molecular formula is C24H27N3O11S. The number of benzene rings is 1. The van der Waals surface area contributed by atoms with Crippen molar-refractivity contribution < 1.29 is 45.9 Å². The fourth-order valence-corrected chi connectivity index (χ4v) is 4.75. The van der Waals surface area contributed by atoms with E-state index in [-0.39, 0.29) is 16.3 Å². The van der Waals surface area contributed by atoms with Crippen molar-refractivity contribution in [2.75, 3.05) is 19.5 Å². The maximum atomic E-state index is 13.1. The predicted octanol–water partition coefficient (Wildman–Crippen LogP) is 0.486. The average molecular weight is 566 g/mol. The van der Waals surface area contributed by atoms with E-state index in [9.17, 15) is 27.6 Å². The first kappa shape index (κ1) is 29.5. The van der Waals surface area contributed by atoms with Crippen LogP contribution in [-0.2, 0) is 47.6 Å². The Morgan fingerprint density at radius 3 is 2.38 bits per heavy atom. The Balaban J connectivity index is 2.08. The fraction of sp³-hybridized carbons (Fsp3) is 0.375. The zero-order chi connectivity index (χ0) is 28.9. The van der Waals surface area contributed by atoms with Crippen LogP contribution in [0.2, 0.25) is 0 Å². The van der Waals surface area contributed by atoms with Gasteiger partial charge in [-0.2, -0.15) is 13.4 Å². The second-order valence-corrected chi connectivity index (χ2v) is 9.97. The number of nitrogens with two attached hydrogens (primary N) is 1. The van der Waals surface area contributed by atoms with Gasteiger partial charge in [0.1, 0.15) is 24.6 Å². The van der Waals surface area contributed by atoms with Gasteiger partial charge in [-0.1, -0.05) is 17.7 Å². The van der Waals surface area contributed by atoms with E-state index in [0.29, 0.717) is 0 Å². The summed E-state index contributed by atoms with van der Waals surface area (Å²) >= 11 is 0. The number of carbonyl (C=O) groups excluding carboxylic acids is 3. The van der Waals surface area contributed by atoms with E-state index in [1.54, 1.807) is 19.1 Å². The molecule has 1 aliphatic heterocycles. The Labute approximate surface area is 223 Å². The molecule has 0 amide bonds. The number of anilines is 1. The zero-order valence-electron chi connectivity index (χ0n) is 21.4. The standard InChI is InChI=1S/C24H27N3O11S/c1-13-5-8-17(9-6-13)39(32,33)38-20-18(12-35-14(2)28)37-23(21(20)36-15(3)29)27-11-16(7-10-19(30)34-4)22(25)26-24(27)31/h5-11,18,20-21,23H,12H2,1-4H3,(H2,25,26,31)/t18-,20+,21-,23-/m1/s1. The van der Waals surface area contributed by atoms with Gasteiger partial charge >= 0.3 is 23.6 Å². The first-order valence-corrected chi connectivity index (χ1v) is 12.8. The number of aromatic nitrogens is 2. The maximum Gasteiger partial charge on any atom is 0.351 e. The average Bonchev–Trinajstić information content (AvgIpc) is 3.17. The predicted molar refractivity (Wildman–Crippen MR) is 133 cm³/mol. The summed E-state index contributed by atoms with van der Waals surface area (Å²) in [5.74, 6) is -2.49. The second kappa shape index (κ2) is 12.2. The zero-order valence-corrected chi connectivity index (χ0v) is 22.2. The van der Waals surface area contributed by atoms with Gasteiger partial charge in [0, 0.05) is 31.7 Å². The molecule has 3 rings (SSSR count). The number of nitrogen functional groups attached to an aromatic ring is 1. The number of hydrogen-bond donors (Lipinski definition) is 1. The molecule has 210 valence electrons. The highest BCUT2D eigenvalue weighted by Crippen LogP contribution is 2.35. The maximum absolute atomic E-state index is 13.1. The minimum Gasteiger partial charge on any atom is -0.466 e. The van der Waals surface area contributed by atoms with Gasteiger partial charge in [-0.05, 0) is 25.1 Å². The van der Waals surface area contributed by atoms with Crippen LogP contribution in [0.3, 0.4) is 0 Å². The first-order chi connectivity index (χ1) is 18.3. The first-order valence-electron chi connectivity index (χ1n) is 11.4. The monoisotopic (exact) mass is 565 g/mol. The molecule has 39 heavy (non-hydrogen) atoms. The van der Waals surface area contributed by atoms with Crippen LogP contribution in [-0.4, -0.2) is 67.9 Å². The van der Waals surface area contributed by atoms with Gasteiger partial charge < -0.3 is 24.7 Å². The number of aryl methyl sites for hydroxylation is 1. The van der Waals surface area contributed by atoms with Gasteiger partial charge in [-0.3, -0.25) is 18.3 Å². The summed E-state index contributed by atoms with van der Waals surface area (Å²) in [6, 6.07) is 5.78. The molecule has 15 heteroatoms. The van der Waals surface area contributed by atoms with Crippen molar-refractivity contribution in [3.63, 3.8) is 0 Å². The Bertz CT molecular complexity index is 1430. The molecular weight excluding hydrogens is 538 g/mol. The highest BCUT2D eigenvalue weighted by atomic mass is 32.2. The van der Waals surface area contributed by atoms with Crippen molar-refractivity contribution in [3.05, 3.63) is 58.1 Å². The number of rotatable bonds is 9. The summed E-state index contributed by atoms with van der Waals surface area (Å²) in [6.07, 6.45) is -2.44. The molecule has 2 heterocycles. The van der Waals surface area contributed by atoms with Gasteiger partial charge in [-0.25, -0.2) is 9.59 Å². The lowest BCUT2D eigenvalue weighted by Gasteiger charge is -2.24. The van der Waals surface area contributed by atoms with Crippen molar-refractivity contribution in [1.29, 1.82) is 0 Å². The van der Waals surface area contributed by atoms with Crippen LogP contribution in [0.5, 0.6) is 0 Å². The number of hydrogen-bond acceptors (Lipinski definition) is 13. The van der Waals surface area contributed by atoms with E-state index >= 15 is 0 Å². The van der Waals surface area contributed by atoms with Crippen LogP contribution >= 0.6 is 0 Å². The lowest BCUT2D eigenvalue weighted by molar-refractivity contribution is -0.155. The molecule has 0 spiro atoms. The molecule has 0 bridgehead atoms. The summed E-state index contributed by atoms with van der Waals surface area (Å²) in [5.41, 5.74) is 5.76. The van der Waals surface area contributed by atoms with Gasteiger partial charge in [-0.15, -0.1) is 0 Å². The molecule has 14 nitrogen and oxygen atoms in total. The summed E-state index contributed by atoms with van der Waals surface area (Å²) in [7, 11) is -3.28. The minimum absolute atomic E-state index is 0.0957. The summed E-state index contributed by atoms with van der Waals surface area (Å²) < 4.78 is 53.4. The summed E-state index contributed by atoms with van der Waals surface area (Å²) in [6.45, 7) is 3.47. The smallest absolute Gasteiger partial charge is 0.351 e. The van der Waals surface area contributed by atoms with Crippen LogP contribution in [0.25, 0.3) is 6.08 Å². The Morgan fingerprint density at radius 2 is 1.79 bits per heavy atom. The van der Waals surface area contributed by atoms with E-state index < -0.39 is 64.9 Å². The molecule has 2 N–H and O–H groups in total. The van der Waals surface area contributed by atoms with Crippen molar-refractivity contribution in [1.82, 2.24) is 9.55 Å². The molecule has 2 aromatic rings. The highest BCUT2D eigenvalue weighted by molar-refractivity contribution is 7.86. The molecule has 0 unspecified atom stereocenters. The Morgan fingerprint density at radius 1 is 1.13 bits per heavy atom. The third-order valence-electron chi connectivity index (χ3n) is 5.47. The lowest BCUT2D eigenvalue weighted by Crippen LogP contribution is -2.42. The molecule has 1 fully saturated rings. The number of ether oxygens (including phenoxy) is 4. The third-order valence-corrected chi connectivity index (χ3v) is 6.80. The number of esters is 3. The van der Waals surface area contributed by atoms with E-state index in [2.05, 4.69) is 9.72 Å². The van der Waals surface area contributed by atoms with Crippen molar-refractivity contribution in [2.45, 2.75) is 50.2 Å². The van der Waals surface area contributed by atoms with Gasteiger partial charge in [0.15, 0.2) is 12.3 Å². The van der Waals surface area contributed by atoms with Gasteiger partial charge in [0.05, 0.1) is 12.0 Å². The van der Waals surface area contributed by atoms with E-state index in [0.717, 1.165) is 30.1 Å². The SMILES string of the molecule is COC(=O)C=Cc1cn([C@@H]2O[C@H](COC(C)=O)[C@H](OS(=O)(=O)c3ccc(C)cc3)[C@H]2OC(C)=O)c(=O)nc1N. The summed E-state index contributed by atoms with van der Waals surface area (Å²) in [4.78, 5) is 51.4. The molecule has 1 aromatic heterocycles. The normalized spacial score (nSPS) is 21.0. The van der Waals surface area contributed by atoms with E-state index in [1.165, 1.54) is 31.5 Å². The third kappa shape index (κ3) is 7.28. The van der Waals surface area contributed by atoms with Gasteiger partial charge in [0.25, 0.3) is 10.1 Å². The summed E-state index contributed by atoms with van der Waals surface area (Å²) in [5, 5.41) is 0. The van der Waals surface area contributed by atoms with Gasteiger partial charge in [0.2, 0.25) is 0 Å². The Hall–Kier alpha value is -4.08. The molecule has 1 aliphatic rings. The molecule has 4 atom stereocenters. The van der Waals surface area contributed by atoms with Crippen molar-refractivity contribution in [2.24, 2.45) is 0 Å². The second-order valence-electron chi connectivity index (χ2n) is 8.40. The number of methoxy groups -OCH3 is 1. The van der Waals surface area contributed by atoms with Crippen molar-refractivity contribution in [3.8, 4) is 0 Å². The Kier molecular flexibility index (Phi) is 9.21.